The van der Waals surface area contributed by atoms with Crippen LogP contribution >= 0.6 is 0 Å². The lowest BCUT2D eigenvalue weighted by Crippen LogP contribution is -2.48. The van der Waals surface area contributed by atoms with E-state index < -0.39 is 49.2 Å². The number of nitriles is 1. The van der Waals surface area contributed by atoms with Gasteiger partial charge in [0.2, 0.25) is 5.91 Å². The van der Waals surface area contributed by atoms with Gasteiger partial charge in [-0.05, 0) is 23.8 Å². The number of hydrogen-bond acceptors (Lipinski definition) is 6. The van der Waals surface area contributed by atoms with Crippen LogP contribution in [0.15, 0.2) is 42.5 Å². The molecule has 0 unspecified atom stereocenters. The largest absolute Gasteiger partial charge is 0.482 e. The maximum absolute atomic E-state index is 13.1. The zero-order chi connectivity index (χ0) is 23.5. The fourth-order valence-corrected chi connectivity index (χ4v) is 3.07. The van der Waals surface area contributed by atoms with Crippen molar-refractivity contribution < 1.29 is 32.4 Å². The van der Waals surface area contributed by atoms with Crippen LogP contribution in [0.3, 0.4) is 0 Å². The van der Waals surface area contributed by atoms with E-state index >= 15 is 0 Å². The Hall–Kier alpha value is -4.14. The Labute approximate surface area is 179 Å². The molecule has 0 aliphatic carbocycles. The van der Waals surface area contributed by atoms with E-state index in [1.807, 2.05) is 6.07 Å². The molecule has 9 nitrogen and oxygen atoms in total. The highest BCUT2D eigenvalue weighted by Gasteiger charge is 2.35. The summed E-state index contributed by atoms with van der Waals surface area (Å²) in [5.41, 5.74) is 0.212. The molecule has 1 heterocycles. The Balaban J connectivity index is 1.86. The lowest BCUT2D eigenvalue weighted by molar-refractivity contribution is -0.384. The van der Waals surface area contributed by atoms with Gasteiger partial charge in [0.05, 0.1) is 22.2 Å². The molecular formula is C20H15F3N4O5. The number of amides is 2. The summed E-state index contributed by atoms with van der Waals surface area (Å²) in [5, 5.41) is 19.9. The Morgan fingerprint density at radius 2 is 1.94 bits per heavy atom. The van der Waals surface area contributed by atoms with E-state index in [1.165, 1.54) is 30.3 Å². The van der Waals surface area contributed by atoms with Gasteiger partial charge in [-0.2, -0.15) is 18.4 Å². The molecule has 1 aliphatic heterocycles. The Kier molecular flexibility index (Phi) is 6.29. The van der Waals surface area contributed by atoms with Gasteiger partial charge in [-0.15, -0.1) is 0 Å². The molecule has 0 radical (unpaired) electrons. The number of anilines is 1. The summed E-state index contributed by atoms with van der Waals surface area (Å²) in [4.78, 5) is 36.9. The minimum atomic E-state index is -4.70. The van der Waals surface area contributed by atoms with Crippen LogP contribution < -0.4 is 9.64 Å². The molecule has 0 N–H and O–H groups in total. The van der Waals surface area contributed by atoms with Crippen molar-refractivity contribution in [2.45, 2.75) is 12.7 Å². The fourth-order valence-electron chi connectivity index (χ4n) is 3.07. The van der Waals surface area contributed by atoms with Gasteiger partial charge in [0.25, 0.3) is 11.6 Å². The SMILES string of the molecule is N#Cc1ccc(CN(CC(F)(F)F)C(=O)CN2C(=O)COc3ccc([N+](=O)[O-])cc32)cc1. The summed E-state index contributed by atoms with van der Waals surface area (Å²) in [6, 6.07) is 11.0. The molecule has 12 heteroatoms. The van der Waals surface area contributed by atoms with E-state index in [-0.39, 0.29) is 17.1 Å². The minimum absolute atomic E-state index is 0.0749. The second-order valence-electron chi connectivity index (χ2n) is 6.85. The highest BCUT2D eigenvalue weighted by molar-refractivity contribution is 6.02. The third-order valence-corrected chi connectivity index (χ3v) is 4.57. The number of non-ortho nitro benzene ring substituents is 1. The van der Waals surface area contributed by atoms with E-state index in [0.717, 1.165) is 17.0 Å². The quantitative estimate of drug-likeness (QED) is 0.496. The summed E-state index contributed by atoms with van der Waals surface area (Å²) >= 11 is 0. The molecule has 0 bridgehead atoms. The zero-order valence-corrected chi connectivity index (χ0v) is 16.3. The fraction of sp³-hybridized carbons (Fsp3) is 0.250. The number of nitro benzene ring substituents is 1. The molecule has 0 atom stereocenters. The normalized spacial score (nSPS) is 13.1. The molecule has 0 spiro atoms. The van der Waals surface area contributed by atoms with Crippen molar-refractivity contribution in [2.24, 2.45) is 0 Å². The van der Waals surface area contributed by atoms with Gasteiger partial charge in [-0.1, -0.05) is 12.1 Å². The number of nitro groups is 1. The number of alkyl halides is 3. The van der Waals surface area contributed by atoms with Gasteiger partial charge in [0.15, 0.2) is 6.61 Å². The molecule has 2 aromatic rings. The topological polar surface area (TPSA) is 117 Å². The van der Waals surface area contributed by atoms with Crippen LogP contribution in [0.1, 0.15) is 11.1 Å². The van der Waals surface area contributed by atoms with Gasteiger partial charge in [-0.25, -0.2) is 0 Å². The number of halogens is 3. The van der Waals surface area contributed by atoms with E-state index in [1.54, 1.807) is 0 Å². The molecule has 0 aromatic heterocycles. The first-order valence-corrected chi connectivity index (χ1v) is 9.12. The van der Waals surface area contributed by atoms with Crippen molar-refractivity contribution >= 4 is 23.2 Å². The highest BCUT2D eigenvalue weighted by atomic mass is 19.4. The second-order valence-corrected chi connectivity index (χ2v) is 6.85. The van der Waals surface area contributed by atoms with Gasteiger partial charge >= 0.3 is 6.18 Å². The molecule has 2 amide bonds. The summed E-state index contributed by atoms with van der Waals surface area (Å²) in [5.74, 6) is -1.64. The number of fused-ring (bicyclic) bond motifs is 1. The number of benzene rings is 2. The molecule has 0 saturated heterocycles. The van der Waals surface area contributed by atoms with Crippen LogP contribution in [0, 0.1) is 21.4 Å². The van der Waals surface area contributed by atoms with Crippen molar-refractivity contribution in [1.29, 1.82) is 5.26 Å². The Morgan fingerprint density at radius 3 is 2.53 bits per heavy atom. The first-order chi connectivity index (χ1) is 15.1. The summed E-state index contributed by atoms with van der Waals surface area (Å²) in [6.45, 7) is -3.20. The minimum Gasteiger partial charge on any atom is -0.482 e. The van der Waals surface area contributed by atoms with E-state index in [2.05, 4.69) is 0 Å². The second kappa shape index (κ2) is 8.93. The van der Waals surface area contributed by atoms with Crippen LogP contribution in [0.2, 0.25) is 0 Å². The molecule has 32 heavy (non-hydrogen) atoms. The van der Waals surface area contributed by atoms with Crippen LogP contribution in [-0.4, -0.2) is 47.5 Å². The maximum Gasteiger partial charge on any atom is 0.406 e. The summed E-state index contributed by atoms with van der Waals surface area (Å²) in [6.07, 6.45) is -4.70. The number of hydrogen-bond donors (Lipinski definition) is 0. The molecule has 166 valence electrons. The predicted molar refractivity (Wildman–Crippen MR) is 104 cm³/mol. The predicted octanol–water partition coefficient (Wildman–Crippen LogP) is 2.78. The highest BCUT2D eigenvalue weighted by Crippen LogP contribution is 2.35. The number of rotatable bonds is 6. The number of nitrogens with zero attached hydrogens (tertiary/aromatic N) is 4. The molecular weight excluding hydrogens is 433 g/mol. The number of carbonyl (C=O) groups excluding carboxylic acids is 2. The van der Waals surface area contributed by atoms with Gasteiger partial charge in [0.1, 0.15) is 18.8 Å². The van der Waals surface area contributed by atoms with E-state index in [0.29, 0.717) is 16.0 Å². The summed E-state index contributed by atoms with van der Waals surface area (Å²) < 4.78 is 44.5. The molecule has 0 saturated carbocycles. The van der Waals surface area contributed by atoms with Crippen molar-refractivity contribution in [3.05, 3.63) is 63.7 Å². The molecule has 2 aromatic carbocycles. The summed E-state index contributed by atoms with van der Waals surface area (Å²) in [7, 11) is 0. The standard InChI is InChI=1S/C20H15F3N4O5/c21-20(22,23)12-25(9-14-3-1-13(8-24)2-4-14)18(28)10-26-16-7-15(27(30)31)5-6-17(16)32-11-19(26)29/h1-7H,9-12H2. The van der Waals surface area contributed by atoms with Crippen LogP contribution in [0.25, 0.3) is 0 Å². The molecule has 0 fully saturated rings. The lowest BCUT2D eigenvalue weighted by atomic mass is 10.1. The first-order valence-electron chi connectivity index (χ1n) is 9.12. The maximum atomic E-state index is 13.1. The number of ether oxygens (including phenoxy) is 1. The van der Waals surface area contributed by atoms with Crippen molar-refractivity contribution in [3.8, 4) is 11.8 Å². The molecule has 1 aliphatic rings. The number of carbonyl (C=O) groups is 2. The van der Waals surface area contributed by atoms with E-state index in [9.17, 15) is 32.9 Å². The van der Waals surface area contributed by atoms with Crippen molar-refractivity contribution in [3.63, 3.8) is 0 Å². The average molecular weight is 448 g/mol. The first kappa shape index (κ1) is 22.5. The Bertz CT molecular complexity index is 1100. The van der Waals surface area contributed by atoms with Gasteiger partial charge in [-0.3, -0.25) is 24.6 Å². The third kappa shape index (κ3) is 5.31. The van der Waals surface area contributed by atoms with Crippen LogP contribution in [-0.2, 0) is 16.1 Å². The van der Waals surface area contributed by atoms with Gasteiger partial charge in [0, 0.05) is 18.7 Å². The van der Waals surface area contributed by atoms with Crippen LogP contribution in [0.4, 0.5) is 24.5 Å². The monoisotopic (exact) mass is 448 g/mol. The Morgan fingerprint density at radius 1 is 1.25 bits per heavy atom. The van der Waals surface area contributed by atoms with E-state index in [4.69, 9.17) is 10.00 Å². The lowest BCUT2D eigenvalue weighted by Gasteiger charge is -2.31. The van der Waals surface area contributed by atoms with Crippen LogP contribution in [0.5, 0.6) is 5.75 Å². The smallest absolute Gasteiger partial charge is 0.406 e. The van der Waals surface area contributed by atoms with Crippen molar-refractivity contribution in [1.82, 2.24) is 4.90 Å². The zero-order valence-electron chi connectivity index (χ0n) is 16.3. The third-order valence-electron chi connectivity index (χ3n) is 4.57. The van der Waals surface area contributed by atoms with Gasteiger partial charge < -0.3 is 9.64 Å². The van der Waals surface area contributed by atoms with Crippen molar-refractivity contribution in [2.75, 3.05) is 24.6 Å². The molecule has 3 rings (SSSR count). The average Bonchev–Trinajstić information content (AvgIpc) is 2.74.